The molecule has 0 aliphatic carbocycles. The molecule has 3 nitrogen and oxygen atoms in total. The van der Waals surface area contributed by atoms with E-state index < -0.39 is 12.6 Å². The van der Waals surface area contributed by atoms with Crippen molar-refractivity contribution in [2.45, 2.75) is 25.4 Å². The zero-order chi connectivity index (χ0) is 17.6. The summed E-state index contributed by atoms with van der Waals surface area (Å²) in [6.45, 7) is 1.25. The van der Waals surface area contributed by atoms with Crippen molar-refractivity contribution in [3.05, 3.63) is 71.3 Å². The van der Waals surface area contributed by atoms with Crippen LogP contribution in [0, 0.1) is 5.92 Å². The molecule has 1 saturated heterocycles. The van der Waals surface area contributed by atoms with Crippen molar-refractivity contribution in [2.24, 2.45) is 5.92 Å². The number of carboxylic acid groups (broad SMARTS) is 1. The number of carbonyl (C=O) groups is 1. The van der Waals surface area contributed by atoms with Crippen molar-refractivity contribution in [2.75, 3.05) is 19.6 Å². The average Bonchev–Trinajstić information content (AvgIpc) is 2.64. The molecule has 3 rings (SSSR count). The van der Waals surface area contributed by atoms with Gasteiger partial charge in [0.15, 0.2) is 0 Å². The van der Waals surface area contributed by atoms with Gasteiger partial charge in [-0.15, -0.1) is 0 Å². The first-order chi connectivity index (χ1) is 12.2. The van der Waals surface area contributed by atoms with Gasteiger partial charge in [-0.3, -0.25) is 9.69 Å². The van der Waals surface area contributed by atoms with Gasteiger partial charge < -0.3 is 5.11 Å². The fourth-order valence-electron chi connectivity index (χ4n) is 3.90. The molecular weight excluding hydrogens is 317 g/mol. The van der Waals surface area contributed by atoms with E-state index in [1.165, 1.54) is 5.56 Å². The molecule has 2 aromatic rings. The van der Waals surface area contributed by atoms with Crippen LogP contribution in [0.5, 0.6) is 0 Å². The van der Waals surface area contributed by atoms with Gasteiger partial charge in [-0.05, 0) is 48.5 Å². The Kier molecular flexibility index (Phi) is 5.82. The number of benzene rings is 2. The third-order valence-electron chi connectivity index (χ3n) is 5.09. The topological polar surface area (TPSA) is 40.5 Å². The van der Waals surface area contributed by atoms with Gasteiger partial charge in [0.1, 0.15) is 6.67 Å². The Balaban J connectivity index is 1.84. The molecule has 1 fully saturated rings. The van der Waals surface area contributed by atoms with Crippen molar-refractivity contribution < 1.29 is 14.3 Å². The highest BCUT2D eigenvalue weighted by molar-refractivity contribution is 5.69. The predicted octanol–water partition coefficient (Wildman–Crippen LogP) is 4.08. The van der Waals surface area contributed by atoms with Gasteiger partial charge in [0, 0.05) is 5.92 Å². The van der Waals surface area contributed by atoms with Crippen LogP contribution in [0.15, 0.2) is 54.6 Å². The molecule has 0 bridgehead atoms. The van der Waals surface area contributed by atoms with E-state index in [1.54, 1.807) is 0 Å². The van der Waals surface area contributed by atoms with Gasteiger partial charge in [-0.25, -0.2) is 4.39 Å². The molecule has 1 N–H and O–H groups in total. The summed E-state index contributed by atoms with van der Waals surface area (Å²) in [5.41, 5.74) is 3.11. The summed E-state index contributed by atoms with van der Waals surface area (Å²) >= 11 is 0. The number of aliphatic carboxylic acids is 1. The lowest BCUT2D eigenvalue weighted by atomic mass is 9.76. The number of alkyl halides is 1. The second-order valence-electron chi connectivity index (χ2n) is 6.77. The molecule has 1 aliphatic rings. The van der Waals surface area contributed by atoms with Gasteiger partial charge in [0.2, 0.25) is 0 Å². The average molecular weight is 341 g/mol. The number of rotatable bonds is 6. The number of hydrogen-bond acceptors (Lipinski definition) is 2. The van der Waals surface area contributed by atoms with Gasteiger partial charge in [0.05, 0.1) is 6.54 Å². The van der Waals surface area contributed by atoms with E-state index in [-0.39, 0.29) is 12.5 Å². The van der Waals surface area contributed by atoms with Crippen LogP contribution in [0.2, 0.25) is 0 Å². The van der Waals surface area contributed by atoms with Crippen LogP contribution in [0.4, 0.5) is 4.39 Å². The molecule has 1 aliphatic heterocycles. The zero-order valence-electron chi connectivity index (χ0n) is 14.3. The summed E-state index contributed by atoms with van der Waals surface area (Å²) in [5.74, 6) is -0.115. The minimum Gasteiger partial charge on any atom is -0.480 e. The second kappa shape index (κ2) is 8.26. The van der Waals surface area contributed by atoms with Gasteiger partial charge in [-0.2, -0.15) is 0 Å². The van der Waals surface area contributed by atoms with Gasteiger partial charge in [0.25, 0.3) is 0 Å². The third kappa shape index (κ3) is 4.45. The molecule has 2 aromatic carbocycles. The van der Waals surface area contributed by atoms with Crippen molar-refractivity contribution in [3.8, 4) is 0 Å². The smallest absolute Gasteiger partial charge is 0.317 e. The minimum atomic E-state index is -0.770. The van der Waals surface area contributed by atoms with E-state index in [0.29, 0.717) is 11.5 Å². The lowest BCUT2D eigenvalue weighted by Gasteiger charge is -2.36. The van der Waals surface area contributed by atoms with Gasteiger partial charge >= 0.3 is 5.97 Å². The summed E-state index contributed by atoms with van der Waals surface area (Å²) < 4.78 is 13.1. The largest absolute Gasteiger partial charge is 0.480 e. The fraction of sp³-hybridized carbons (Fsp3) is 0.381. The molecule has 1 atom stereocenters. The Labute approximate surface area is 148 Å². The zero-order valence-corrected chi connectivity index (χ0v) is 14.3. The first-order valence-corrected chi connectivity index (χ1v) is 8.81. The summed E-state index contributed by atoms with van der Waals surface area (Å²) in [6, 6.07) is 18.2. The number of piperidine rings is 1. The van der Waals surface area contributed by atoms with E-state index in [9.17, 15) is 9.18 Å². The maximum absolute atomic E-state index is 13.1. The summed E-state index contributed by atoms with van der Waals surface area (Å²) in [5, 5.41) is 8.98. The van der Waals surface area contributed by atoms with Crippen molar-refractivity contribution >= 4 is 5.97 Å². The normalized spacial score (nSPS) is 17.3. The standard InChI is InChI=1S/C21H24FNO2/c22-14-16-5-4-8-19(13-16)21(17-6-2-1-3-7-17)18-9-11-23(12-10-18)15-20(24)25/h1-8,13,18,21H,9-12,14-15H2,(H,24,25). The van der Waals surface area contributed by atoms with Gasteiger partial charge in [-0.1, -0.05) is 54.6 Å². The molecule has 0 radical (unpaired) electrons. The van der Waals surface area contributed by atoms with Crippen LogP contribution in [0.25, 0.3) is 0 Å². The summed E-state index contributed by atoms with van der Waals surface area (Å²) in [7, 11) is 0. The third-order valence-corrected chi connectivity index (χ3v) is 5.09. The maximum Gasteiger partial charge on any atom is 0.317 e. The highest BCUT2D eigenvalue weighted by Crippen LogP contribution is 2.38. The molecule has 25 heavy (non-hydrogen) atoms. The maximum atomic E-state index is 13.1. The SMILES string of the molecule is O=C(O)CN1CCC(C(c2ccccc2)c2cccc(CF)c2)CC1. The lowest BCUT2D eigenvalue weighted by molar-refractivity contribution is -0.138. The van der Waals surface area contributed by atoms with E-state index in [1.807, 2.05) is 41.3 Å². The molecule has 0 amide bonds. The predicted molar refractivity (Wildman–Crippen MR) is 96.3 cm³/mol. The quantitative estimate of drug-likeness (QED) is 0.860. The number of nitrogens with zero attached hydrogens (tertiary/aromatic N) is 1. The van der Waals surface area contributed by atoms with Crippen molar-refractivity contribution in [3.63, 3.8) is 0 Å². The number of likely N-dealkylation sites (tertiary alicyclic amines) is 1. The van der Waals surface area contributed by atoms with Crippen LogP contribution in [0.3, 0.4) is 0 Å². The van der Waals surface area contributed by atoms with Crippen molar-refractivity contribution in [1.82, 2.24) is 4.90 Å². The molecule has 0 saturated carbocycles. The van der Waals surface area contributed by atoms with Crippen LogP contribution < -0.4 is 0 Å². The lowest BCUT2D eigenvalue weighted by Crippen LogP contribution is -2.38. The summed E-state index contributed by atoms with van der Waals surface area (Å²) in [4.78, 5) is 12.9. The highest BCUT2D eigenvalue weighted by atomic mass is 19.1. The van der Waals surface area contributed by atoms with Crippen LogP contribution in [-0.2, 0) is 11.5 Å². The van der Waals surface area contributed by atoms with E-state index in [2.05, 4.69) is 18.2 Å². The van der Waals surface area contributed by atoms with E-state index >= 15 is 0 Å². The number of carboxylic acids is 1. The van der Waals surface area contributed by atoms with Crippen molar-refractivity contribution in [1.29, 1.82) is 0 Å². The van der Waals surface area contributed by atoms with E-state index in [0.717, 1.165) is 31.5 Å². The van der Waals surface area contributed by atoms with E-state index in [4.69, 9.17) is 5.11 Å². The second-order valence-corrected chi connectivity index (χ2v) is 6.77. The molecule has 1 heterocycles. The molecule has 132 valence electrons. The highest BCUT2D eigenvalue weighted by Gasteiger charge is 2.29. The Morgan fingerprint density at radius 3 is 2.40 bits per heavy atom. The monoisotopic (exact) mass is 341 g/mol. The molecule has 1 unspecified atom stereocenters. The Bertz CT molecular complexity index is 696. The van der Waals surface area contributed by atoms with Crippen LogP contribution in [0.1, 0.15) is 35.4 Å². The minimum absolute atomic E-state index is 0.111. The molecule has 0 spiro atoms. The number of halogens is 1. The number of hydrogen-bond donors (Lipinski definition) is 1. The Morgan fingerprint density at radius 2 is 1.76 bits per heavy atom. The summed E-state index contributed by atoms with van der Waals surface area (Å²) in [6.07, 6.45) is 1.90. The fourth-order valence-corrected chi connectivity index (χ4v) is 3.90. The Morgan fingerprint density at radius 1 is 1.08 bits per heavy atom. The first-order valence-electron chi connectivity index (χ1n) is 8.81. The van der Waals surface area contributed by atoms with Crippen LogP contribution >= 0.6 is 0 Å². The molecular formula is C21H24FNO2. The molecule has 0 aromatic heterocycles. The molecule has 4 heteroatoms. The van der Waals surface area contributed by atoms with Crippen LogP contribution in [-0.4, -0.2) is 35.6 Å². The first kappa shape index (κ1) is 17.6. The Hall–Kier alpha value is -2.20.